The molecule has 0 radical (unpaired) electrons. The van der Waals surface area contributed by atoms with Crippen molar-refractivity contribution < 1.29 is 33.6 Å². The lowest BCUT2D eigenvalue weighted by Crippen LogP contribution is -2.30. The highest BCUT2D eigenvalue weighted by atomic mass is 16.6. The van der Waals surface area contributed by atoms with E-state index in [1.807, 2.05) is 71.6 Å². The van der Waals surface area contributed by atoms with Gasteiger partial charge in [0.2, 0.25) is 0 Å². The molecule has 280 valence electrons. The number of unbranched alkanes of at least 4 members (excludes halogenated alkanes) is 1. The second-order valence-corrected chi connectivity index (χ2v) is 13.7. The molecule has 7 rings (SSSR count). The Morgan fingerprint density at radius 3 is 2.00 bits per heavy atom. The van der Waals surface area contributed by atoms with Gasteiger partial charge in [-0.05, 0) is 124 Å². The monoisotopic (exact) mass is 727 g/mol. The Hall–Kier alpha value is -5.44. The van der Waals surface area contributed by atoms with Crippen LogP contribution in [0.1, 0.15) is 85.5 Å². The molecular weight excluding hydrogens is 679 g/mol. The second kappa shape index (κ2) is 17.1. The molecular formula is C46H49NO7. The van der Waals surface area contributed by atoms with Crippen molar-refractivity contribution in [3.05, 3.63) is 141 Å². The SMILES string of the molecule is CCCCO.COCCOC(=O)c1ccc(C)c(-c2c(C)c3c(c4c2CN(C(c2ccc(OC)cc2)c2ccc(OC)cc2)C4=O)-c2ccccc2C3)c1. The van der Waals surface area contributed by atoms with Crippen LogP contribution in [-0.4, -0.2) is 63.0 Å². The van der Waals surface area contributed by atoms with E-state index < -0.39 is 5.97 Å². The van der Waals surface area contributed by atoms with Crippen molar-refractivity contribution in [2.24, 2.45) is 0 Å². The molecule has 5 aromatic carbocycles. The van der Waals surface area contributed by atoms with Crippen molar-refractivity contribution in [2.75, 3.05) is 41.2 Å². The molecule has 5 aromatic rings. The lowest BCUT2D eigenvalue weighted by Gasteiger charge is -2.29. The number of rotatable bonds is 12. The number of ether oxygens (including phenoxy) is 4. The Bertz CT molecular complexity index is 2070. The van der Waals surface area contributed by atoms with Crippen LogP contribution in [0.15, 0.2) is 91.0 Å². The van der Waals surface area contributed by atoms with E-state index in [1.54, 1.807) is 27.4 Å². The Kier molecular flexibility index (Phi) is 12.2. The van der Waals surface area contributed by atoms with Crippen LogP contribution >= 0.6 is 0 Å². The normalized spacial score (nSPS) is 12.5. The number of carbonyl (C=O) groups is 2. The number of esters is 1. The number of aliphatic hydroxyl groups is 1. The highest BCUT2D eigenvalue weighted by Crippen LogP contribution is 2.51. The zero-order chi connectivity index (χ0) is 38.4. The number of methoxy groups -OCH3 is 3. The van der Waals surface area contributed by atoms with Gasteiger partial charge in [0.05, 0.1) is 38.0 Å². The molecule has 8 heteroatoms. The molecule has 1 aliphatic heterocycles. The average molecular weight is 728 g/mol. The summed E-state index contributed by atoms with van der Waals surface area (Å²) in [7, 11) is 4.87. The first-order chi connectivity index (χ1) is 26.3. The van der Waals surface area contributed by atoms with Crippen molar-refractivity contribution in [1.29, 1.82) is 0 Å². The standard InChI is InChI=1S/C42H39NO6.C4H10O/c1-25-10-11-30(42(45)49-21-20-46-3)23-34(25)37-26(2)35-22-29-8-6-7-9-33(29)38(35)39-36(37)24-43(41(39)44)40(27-12-16-31(47-4)17-13-27)28-14-18-32(48-5)19-15-28;1-2-3-4-5/h6-19,23,40H,20-22,24H2,1-5H3;5H,2-4H2,1H3. The number of fused-ring (bicyclic) bond motifs is 5. The van der Waals surface area contributed by atoms with Gasteiger partial charge in [0.15, 0.2) is 0 Å². The van der Waals surface area contributed by atoms with Crippen LogP contribution in [-0.2, 0) is 22.4 Å². The summed E-state index contributed by atoms with van der Waals surface area (Å²) in [5, 5.41) is 8.07. The van der Waals surface area contributed by atoms with E-state index in [0.29, 0.717) is 25.3 Å². The van der Waals surface area contributed by atoms with Gasteiger partial charge in [0.25, 0.3) is 5.91 Å². The van der Waals surface area contributed by atoms with Gasteiger partial charge < -0.3 is 29.0 Å². The Balaban J connectivity index is 0.000000934. The van der Waals surface area contributed by atoms with Crippen LogP contribution in [0.2, 0.25) is 0 Å². The van der Waals surface area contributed by atoms with Gasteiger partial charge in [-0.1, -0.05) is 67.9 Å². The Morgan fingerprint density at radius 2 is 1.43 bits per heavy atom. The summed E-state index contributed by atoms with van der Waals surface area (Å²) in [5.41, 5.74) is 12.7. The smallest absolute Gasteiger partial charge is 0.338 e. The number of hydrogen-bond acceptors (Lipinski definition) is 7. The van der Waals surface area contributed by atoms with Crippen LogP contribution in [0, 0.1) is 13.8 Å². The fraction of sp³-hybridized carbons (Fsp3) is 0.304. The predicted molar refractivity (Wildman–Crippen MR) is 211 cm³/mol. The molecule has 1 amide bonds. The first kappa shape index (κ1) is 38.3. The second-order valence-electron chi connectivity index (χ2n) is 13.7. The minimum atomic E-state index is -0.405. The third-order valence-corrected chi connectivity index (χ3v) is 10.4. The van der Waals surface area contributed by atoms with Crippen LogP contribution in [0.3, 0.4) is 0 Å². The lowest BCUT2D eigenvalue weighted by atomic mass is 9.83. The zero-order valence-electron chi connectivity index (χ0n) is 32.0. The third-order valence-electron chi connectivity index (χ3n) is 10.4. The summed E-state index contributed by atoms with van der Waals surface area (Å²) in [6, 6.07) is 29.5. The number of amides is 1. The van der Waals surface area contributed by atoms with Crippen molar-refractivity contribution >= 4 is 11.9 Å². The van der Waals surface area contributed by atoms with E-state index in [0.717, 1.165) is 92.0 Å². The summed E-state index contributed by atoms with van der Waals surface area (Å²) in [6.45, 7) is 7.49. The summed E-state index contributed by atoms with van der Waals surface area (Å²) in [4.78, 5) is 30.2. The predicted octanol–water partition coefficient (Wildman–Crippen LogP) is 8.89. The minimum Gasteiger partial charge on any atom is -0.497 e. The van der Waals surface area contributed by atoms with Crippen molar-refractivity contribution in [3.63, 3.8) is 0 Å². The summed E-state index contributed by atoms with van der Waals surface area (Å²) in [5.74, 6) is 1.07. The van der Waals surface area contributed by atoms with Gasteiger partial charge in [-0.2, -0.15) is 0 Å². The van der Waals surface area contributed by atoms with Crippen LogP contribution in [0.25, 0.3) is 22.3 Å². The molecule has 0 spiro atoms. The highest BCUT2D eigenvalue weighted by molar-refractivity contribution is 6.10. The molecule has 2 aliphatic rings. The number of carbonyl (C=O) groups excluding carboxylic acids is 2. The number of benzene rings is 5. The van der Waals surface area contributed by atoms with Gasteiger partial charge in [0, 0.05) is 20.3 Å². The van der Waals surface area contributed by atoms with Crippen molar-refractivity contribution in [2.45, 2.75) is 52.6 Å². The maximum Gasteiger partial charge on any atom is 0.338 e. The van der Waals surface area contributed by atoms with E-state index in [1.165, 1.54) is 5.56 Å². The average Bonchev–Trinajstić information content (AvgIpc) is 3.74. The molecule has 0 fully saturated rings. The lowest BCUT2D eigenvalue weighted by molar-refractivity contribution is 0.0388. The Labute approximate surface area is 318 Å². The van der Waals surface area contributed by atoms with Gasteiger partial charge in [0.1, 0.15) is 18.1 Å². The van der Waals surface area contributed by atoms with Gasteiger partial charge in [-0.3, -0.25) is 4.79 Å². The maximum atomic E-state index is 15.1. The molecule has 0 saturated carbocycles. The third kappa shape index (κ3) is 7.49. The van der Waals surface area contributed by atoms with E-state index in [-0.39, 0.29) is 18.6 Å². The summed E-state index contributed by atoms with van der Waals surface area (Å²) in [6.07, 6.45) is 2.78. The molecule has 0 unspecified atom stereocenters. The molecule has 54 heavy (non-hydrogen) atoms. The van der Waals surface area contributed by atoms with Gasteiger partial charge in [-0.15, -0.1) is 0 Å². The molecule has 1 N–H and O–H groups in total. The summed E-state index contributed by atoms with van der Waals surface area (Å²) < 4.78 is 21.5. The minimum absolute atomic E-state index is 0.0198. The molecule has 1 aliphatic carbocycles. The molecule has 0 bridgehead atoms. The Morgan fingerprint density at radius 1 is 0.778 bits per heavy atom. The fourth-order valence-corrected chi connectivity index (χ4v) is 7.57. The molecule has 0 aromatic heterocycles. The largest absolute Gasteiger partial charge is 0.497 e. The van der Waals surface area contributed by atoms with E-state index in [4.69, 9.17) is 24.1 Å². The van der Waals surface area contributed by atoms with E-state index in [2.05, 4.69) is 39.0 Å². The molecule has 0 saturated heterocycles. The number of aryl methyl sites for hydroxylation is 1. The van der Waals surface area contributed by atoms with Crippen molar-refractivity contribution in [3.8, 4) is 33.8 Å². The number of aliphatic hydroxyl groups excluding tert-OH is 1. The maximum absolute atomic E-state index is 15.1. The first-order valence-electron chi connectivity index (χ1n) is 18.5. The zero-order valence-corrected chi connectivity index (χ0v) is 32.0. The van der Waals surface area contributed by atoms with Crippen molar-refractivity contribution in [1.82, 2.24) is 4.90 Å². The molecule has 1 heterocycles. The van der Waals surface area contributed by atoms with Gasteiger partial charge in [-0.25, -0.2) is 4.79 Å². The van der Waals surface area contributed by atoms with Crippen LogP contribution in [0.5, 0.6) is 11.5 Å². The number of hydrogen-bond donors (Lipinski definition) is 1. The van der Waals surface area contributed by atoms with Crippen LogP contribution in [0.4, 0.5) is 0 Å². The first-order valence-corrected chi connectivity index (χ1v) is 18.5. The van der Waals surface area contributed by atoms with E-state index in [9.17, 15) is 4.79 Å². The molecule has 0 atom stereocenters. The summed E-state index contributed by atoms with van der Waals surface area (Å²) >= 11 is 0. The highest BCUT2D eigenvalue weighted by Gasteiger charge is 2.41. The van der Waals surface area contributed by atoms with E-state index >= 15 is 4.79 Å². The van der Waals surface area contributed by atoms with Gasteiger partial charge >= 0.3 is 5.97 Å². The number of nitrogens with zero attached hydrogens (tertiary/aromatic N) is 1. The quantitative estimate of drug-likeness (QED) is 0.0994. The van der Waals surface area contributed by atoms with Crippen LogP contribution < -0.4 is 9.47 Å². The topological polar surface area (TPSA) is 94.5 Å². The molecule has 8 nitrogen and oxygen atoms in total. The fourth-order valence-electron chi connectivity index (χ4n) is 7.57.